The van der Waals surface area contributed by atoms with Gasteiger partial charge in [-0.3, -0.25) is 4.79 Å². The molecular formula is C14H18N2OS. The van der Waals surface area contributed by atoms with Gasteiger partial charge in [-0.25, -0.2) is 0 Å². The maximum atomic E-state index is 11.9. The molecule has 3 nitrogen and oxygen atoms in total. The second-order valence-corrected chi connectivity index (χ2v) is 5.18. The average molecular weight is 262 g/mol. The van der Waals surface area contributed by atoms with Crippen molar-refractivity contribution in [1.29, 1.82) is 0 Å². The van der Waals surface area contributed by atoms with Crippen LogP contribution in [0.4, 0.5) is 5.69 Å². The second kappa shape index (κ2) is 5.96. The van der Waals surface area contributed by atoms with Crippen molar-refractivity contribution in [2.75, 3.05) is 5.32 Å². The Kier molecular flexibility index (Phi) is 4.31. The summed E-state index contributed by atoms with van der Waals surface area (Å²) in [6.07, 6.45) is 4.66. The van der Waals surface area contributed by atoms with E-state index in [1.54, 1.807) is 0 Å². The first-order chi connectivity index (χ1) is 8.65. The molecule has 4 heteroatoms. The van der Waals surface area contributed by atoms with E-state index < -0.39 is 0 Å². The fraction of sp³-hybridized carbons (Fsp3) is 0.429. The van der Waals surface area contributed by atoms with Crippen LogP contribution in [0.2, 0.25) is 0 Å². The molecule has 2 N–H and O–H groups in total. The van der Waals surface area contributed by atoms with E-state index in [1.165, 1.54) is 18.4 Å². The number of rotatable bonds is 2. The van der Waals surface area contributed by atoms with Gasteiger partial charge in [-0.05, 0) is 31.9 Å². The number of aryl methyl sites for hydroxylation is 1. The van der Waals surface area contributed by atoms with Crippen LogP contribution in [0.15, 0.2) is 24.3 Å². The van der Waals surface area contributed by atoms with Gasteiger partial charge in [-0.15, -0.1) is 0 Å². The highest BCUT2D eigenvalue weighted by Gasteiger charge is 2.18. The van der Waals surface area contributed by atoms with Crippen LogP contribution in [0.3, 0.4) is 0 Å². The third-order valence-electron chi connectivity index (χ3n) is 3.21. The van der Waals surface area contributed by atoms with Crippen molar-refractivity contribution in [1.82, 2.24) is 5.32 Å². The smallest absolute Gasteiger partial charge is 0.283 e. The molecule has 1 aliphatic carbocycles. The number of hydrogen-bond acceptors (Lipinski definition) is 2. The Bertz CT molecular complexity index is 436. The zero-order valence-electron chi connectivity index (χ0n) is 10.5. The Morgan fingerprint density at radius 2 is 1.83 bits per heavy atom. The summed E-state index contributed by atoms with van der Waals surface area (Å²) in [6, 6.07) is 8.06. The Balaban J connectivity index is 1.86. The van der Waals surface area contributed by atoms with Crippen LogP contribution in [-0.2, 0) is 4.79 Å². The predicted octanol–water partition coefficient (Wildman–Crippen LogP) is 2.79. The van der Waals surface area contributed by atoms with Gasteiger partial charge >= 0.3 is 0 Å². The molecule has 1 fully saturated rings. The normalized spacial score (nSPS) is 15.4. The summed E-state index contributed by atoms with van der Waals surface area (Å²) in [7, 11) is 0. The number of thiocarbonyl (C=S) groups is 1. The molecule has 0 aromatic heterocycles. The number of benzene rings is 1. The van der Waals surface area contributed by atoms with Crippen molar-refractivity contribution < 1.29 is 4.79 Å². The summed E-state index contributed by atoms with van der Waals surface area (Å²) < 4.78 is 0. The van der Waals surface area contributed by atoms with Crippen LogP contribution in [-0.4, -0.2) is 16.9 Å². The van der Waals surface area contributed by atoms with E-state index >= 15 is 0 Å². The Labute approximate surface area is 113 Å². The highest BCUT2D eigenvalue weighted by Crippen LogP contribution is 2.17. The van der Waals surface area contributed by atoms with E-state index in [-0.39, 0.29) is 5.91 Å². The molecule has 0 heterocycles. The minimum absolute atomic E-state index is 0.222. The molecule has 1 amide bonds. The van der Waals surface area contributed by atoms with Crippen LogP contribution in [0.25, 0.3) is 0 Å². The minimum Gasteiger partial charge on any atom is -0.369 e. The molecule has 0 atom stereocenters. The molecule has 0 radical (unpaired) electrons. The van der Waals surface area contributed by atoms with Crippen LogP contribution >= 0.6 is 12.2 Å². The summed E-state index contributed by atoms with van der Waals surface area (Å²) in [4.78, 5) is 12.2. The molecule has 0 spiro atoms. The molecule has 96 valence electrons. The molecular weight excluding hydrogens is 244 g/mol. The Morgan fingerprint density at radius 1 is 1.22 bits per heavy atom. The number of anilines is 1. The van der Waals surface area contributed by atoms with E-state index in [0.29, 0.717) is 11.0 Å². The summed E-state index contributed by atoms with van der Waals surface area (Å²) >= 11 is 5.12. The topological polar surface area (TPSA) is 41.1 Å². The van der Waals surface area contributed by atoms with Gasteiger partial charge in [0.25, 0.3) is 5.91 Å². The zero-order chi connectivity index (χ0) is 13.0. The molecule has 0 aliphatic heterocycles. The molecule has 18 heavy (non-hydrogen) atoms. The van der Waals surface area contributed by atoms with Gasteiger partial charge < -0.3 is 10.6 Å². The SMILES string of the molecule is Cc1ccc(NC(=O)C(=S)NC2CCCC2)cc1. The van der Waals surface area contributed by atoms with Gasteiger partial charge in [-0.2, -0.15) is 0 Å². The minimum atomic E-state index is -0.222. The molecule has 0 bridgehead atoms. The summed E-state index contributed by atoms with van der Waals surface area (Å²) in [6.45, 7) is 2.01. The summed E-state index contributed by atoms with van der Waals surface area (Å²) in [5, 5.41) is 5.93. The lowest BCUT2D eigenvalue weighted by Gasteiger charge is -2.14. The fourth-order valence-corrected chi connectivity index (χ4v) is 2.36. The van der Waals surface area contributed by atoms with Crippen molar-refractivity contribution in [2.45, 2.75) is 38.6 Å². The quantitative estimate of drug-likeness (QED) is 0.805. The lowest BCUT2D eigenvalue weighted by Crippen LogP contribution is -2.39. The van der Waals surface area contributed by atoms with Crippen LogP contribution in [0.5, 0.6) is 0 Å². The fourth-order valence-electron chi connectivity index (χ4n) is 2.15. The second-order valence-electron chi connectivity index (χ2n) is 4.77. The monoisotopic (exact) mass is 262 g/mol. The van der Waals surface area contributed by atoms with Crippen molar-refractivity contribution in [3.8, 4) is 0 Å². The molecule has 1 saturated carbocycles. The number of amides is 1. The molecule has 1 aromatic carbocycles. The third kappa shape index (κ3) is 3.53. The maximum absolute atomic E-state index is 11.9. The van der Waals surface area contributed by atoms with Crippen LogP contribution in [0.1, 0.15) is 31.2 Å². The van der Waals surface area contributed by atoms with Gasteiger partial charge in [-0.1, -0.05) is 42.8 Å². The number of carbonyl (C=O) groups is 1. The van der Waals surface area contributed by atoms with E-state index in [9.17, 15) is 4.79 Å². The lowest BCUT2D eigenvalue weighted by atomic mass is 10.2. The first kappa shape index (κ1) is 13.0. The van der Waals surface area contributed by atoms with Gasteiger partial charge in [0, 0.05) is 11.7 Å². The van der Waals surface area contributed by atoms with Gasteiger partial charge in [0.05, 0.1) is 0 Å². The maximum Gasteiger partial charge on any atom is 0.283 e. The van der Waals surface area contributed by atoms with E-state index in [0.717, 1.165) is 18.5 Å². The Morgan fingerprint density at radius 3 is 2.44 bits per heavy atom. The Hall–Kier alpha value is -1.42. The van der Waals surface area contributed by atoms with Crippen LogP contribution < -0.4 is 10.6 Å². The van der Waals surface area contributed by atoms with Crippen LogP contribution in [0, 0.1) is 6.92 Å². The first-order valence-electron chi connectivity index (χ1n) is 6.33. The zero-order valence-corrected chi connectivity index (χ0v) is 11.3. The van der Waals surface area contributed by atoms with Crippen molar-refractivity contribution in [3.05, 3.63) is 29.8 Å². The molecule has 0 saturated heterocycles. The third-order valence-corrected chi connectivity index (χ3v) is 3.51. The van der Waals surface area contributed by atoms with E-state index in [4.69, 9.17) is 12.2 Å². The molecule has 0 unspecified atom stereocenters. The highest BCUT2D eigenvalue weighted by molar-refractivity contribution is 7.82. The lowest BCUT2D eigenvalue weighted by molar-refractivity contribution is -0.110. The van der Waals surface area contributed by atoms with E-state index in [1.807, 2.05) is 31.2 Å². The largest absolute Gasteiger partial charge is 0.369 e. The van der Waals surface area contributed by atoms with E-state index in [2.05, 4.69) is 10.6 Å². The van der Waals surface area contributed by atoms with Crippen molar-refractivity contribution >= 4 is 28.8 Å². The number of hydrogen-bond donors (Lipinski definition) is 2. The highest BCUT2D eigenvalue weighted by atomic mass is 32.1. The molecule has 1 aliphatic rings. The van der Waals surface area contributed by atoms with Gasteiger partial charge in [0.1, 0.15) is 0 Å². The van der Waals surface area contributed by atoms with Gasteiger partial charge in [0.15, 0.2) is 4.99 Å². The number of nitrogens with one attached hydrogen (secondary N) is 2. The summed E-state index contributed by atoms with van der Waals surface area (Å²) in [5.74, 6) is -0.222. The molecule has 1 aromatic rings. The van der Waals surface area contributed by atoms with Crippen molar-refractivity contribution in [2.24, 2.45) is 0 Å². The number of carbonyl (C=O) groups excluding carboxylic acids is 1. The summed E-state index contributed by atoms with van der Waals surface area (Å²) in [5.41, 5.74) is 1.95. The first-order valence-corrected chi connectivity index (χ1v) is 6.74. The molecule has 2 rings (SSSR count). The standard InChI is InChI=1S/C14H18N2OS/c1-10-6-8-12(9-7-10)15-13(17)14(18)16-11-4-2-3-5-11/h6-9,11H,2-5H2,1H3,(H,15,17)(H,16,18). The predicted molar refractivity (Wildman–Crippen MR) is 77.8 cm³/mol. The average Bonchev–Trinajstić information content (AvgIpc) is 2.85. The van der Waals surface area contributed by atoms with Crippen molar-refractivity contribution in [3.63, 3.8) is 0 Å². The van der Waals surface area contributed by atoms with Gasteiger partial charge in [0.2, 0.25) is 0 Å².